The molecule has 1 heteroatoms. The van der Waals surface area contributed by atoms with Gasteiger partial charge in [-0.25, -0.2) is 0 Å². The molecule has 0 atom stereocenters. The molecule has 1 N–H and O–H groups in total. The minimum Gasteiger partial charge on any atom is -0.314 e. The predicted molar refractivity (Wildman–Crippen MR) is 60.7 cm³/mol. The van der Waals surface area contributed by atoms with E-state index in [1.165, 1.54) is 0 Å². The average Bonchev–Trinajstić information content (AvgIpc) is 2.08. The van der Waals surface area contributed by atoms with Crippen LogP contribution in [0.25, 0.3) is 0 Å². The predicted octanol–water partition coefficient (Wildman–Crippen LogP) is 3.69. The molecule has 1 nitrogen and oxygen atoms in total. The smallest absolute Gasteiger partial charge is 0.00104 e. The molecular formula is C11H29N. The van der Waals surface area contributed by atoms with Gasteiger partial charge in [-0.15, -0.1) is 0 Å². The molecule has 0 bridgehead atoms. The van der Waals surface area contributed by atoms with E-state index in [-0.39, 0.29) is 0 Å². The van der Waals surface area contributed by atoms with Gasteiger partial charge in [0.25, 0.3) is 0 Å². The minimum atomic E-state index is 0.636. The Morgan fingerprint density at radius 3 is 1.25 bits per heavy atom. The van der Waals surface area contributed by atoms with Gasteiger partial charge in [0.1, 0.15) is 0 Å². The molecule has 0 aliphatic rings. The van der Waals surface area contributed by atoms with E-state index in [9.17, 15) is 0 Å². The summed E-state index contributed by atoms with van der Waals surface area (Å²) < 4.78 is 0. The van der Waals surface area contributed by atoms with E-state index in [0.29, 0.717) is 6.04 Å². The highest BCUT2D eigenvalue weighted by Gasteiger charge is 1.93. The Kier molecular flexibility index (Phi) is 25.6. The van der Waals surface area contributed by atoms with Gasteiger partial charge in [-0.2, -0.15) is 0 Å². The summed E-state index contributed by atoms with van der Waals surface area (Å²) in [4.78, 5) is 0. The molecule has 0 aliphatic carbocycles. The van der Waals surface area contributed by atoms with Gasteiger partial charge < -0.3 is 5.32 Å². The third-order valence-electron chi connectivity index (χ3n) is 0.934. The van der Waals surface area contributed by atoms with Crippen molar-refractivity contribution in [2.45, 2.75) is 61.4 Å². The summed E-state index contributed by atoms with van der Waals surface area (Å²) in [5.74, 6) is 0.775. The first-order valence-electron chi connectivity index (χ1n) is 5.36. The third kappa shape index (κ3) is 32.5. The Bertz CT molecular complexity index is 41.0. The zero-order valence-electron chi connectivity index (χ0n) is 10.4. The van der Waals surface area contributed by atoms with Crippen molar-refractivity contribution in [3.63, 3.8) is 0 Å². The molecule has 0 saturated heterocycles. The number of nitrogens with one attached hydrogen (secondary N) is 1. The lowest BCUT2D eigenvalue weighted by atomic mass is 10.2. The van der Waals surface area contributed by atoms with Gasteiger partial charge in [-0.05, 0) is 12.5 Å². The molecule has 0 rings (SSSR count). The van der Waals surface area contributed by atoms with Crippen LogP contribution in [0.2, 0.25) is 0 Å². The second kappa shape index (κ2) is 17.2. The highest BCUT2D eigenvalue weighted by atomic mass is 14.9. The largest absolute Gasteiger partial charge is 0.314 e. The van der Waals surface area contributed by atoms with Crippen LogP contribution < -0.4 is 5.32 Å². The van der Waals surface area contributed by atoms with Crippen LogP contribution in [-0.2, 0) is 0 Å². The lowest BCUT2D eigenvalue weighted by Crippen LogP contribution is -2.26. The first-order valence-corrected chi connectivity index (χ1v) is 5.36. The Morgan fingerprint density at radius 1 is 0.833 bits per heavy atom. The maximum atomic E-state index is 3.34. The molecule has 12 heavy (non-hydrogen) atoms. The molecule has 0 spiro atoms. The first-order chi connectivity index (χ1) is 5.63. The summed E-state index contributed by atoms with van der Waals surface area (Å²) in [6.07, 6.45) is 0. The van der Waals surface area contributed by atoms with E-state index < -0.39 is 0 Å². The molecule has 0 aromatic rings. The molecule has 0 radical (unpaired) electrons. The lowest BCUT2D eigenvalue weighted by Gasteiger charge is -2.09. The van der Waals surface area contributed by atoms with Crippen LogP contribution in [0.3, 0.4) is 0 Å². The van der Waals surface area contributed by atoms with Crippen molar-refractivity contribution >= 4 is 0 Å². The van der Waals surface area contributed by atoms with Crippen LogP contribution in [0.1, 0.15) is 55.4 Å². The van der Waals surface area contributed by atoms with Crippen LogP contribution in [0.15, 0.2) is 0 Å². The zero-order valence-corrected chi connectivity index (χ0v) is 10.4. The van der Waals surface area contributed by atoms with E-state index in [2.05, 4.69) is 33.0 Å². The molecular weight excluding hydrogens is 146 g/mol. The van der Waals surface area contributed by atoms with Gasteiger partial charge in [0, 0.05) is 6.04 Å². The van der Waals surface area contributed by atoms with Crippen molar-refractivity contribution in [3.8, 4) is 0 Å². The maximum absolute atomic E-state index is 3.34. The van der Waals surface area contributed by atoms with Crippen molar-refractivity contribution < 1.29 is 0 Å². The molecule has 0 amide bonds. The fraction of sp³-hybridized carbons (Fsp3) is 1.00. The van der Waals surface area contributed by atoms with Crippen LogP contribution >= 0.6 is 0 Å². The third-order valence-corrected chi connectivity index (χ3v) is 0.934. The van der Waals surface area contributed by atoms with Crippen LogP contribution in [0.4, 0.5) is 0 Å². The van der Waals surface area contributed by atoms with Crippen molar-refractivity contribution in [3.05, 3.63) is 0 Å². The lowest BCUT2D eigenvalue weighted by molar-refractivity contribution is 0.505. The monoisotopic (exact) mass is 175 g/mol. The molecule has 0 aromatic heterocycles. The van der Waals surface area contributed by atoms with Crippen molar-refractivity contribution in [1.82, 2.24) is 5.32 Å². The Morgan fingerprint density at radius 2 is 1.17 bits per heavy atom. The second-order valence-electron chi connectivity index (χ2n) is 2.96. The molecule has 0 fully saturated rings. The standard InChI is InChI=1S/C7H17N.2C2H6/c1-6(2)5-8-7(3)4;2*1-2/h6-8H,5H2,1-4H3;2*1-2H3. The van der Waals surface area contributed by atoms with Crippen LogP contribution in [0, 0.1) is 5.92 Å². The van der Waals surface area contributed by atoms with E-state index in [1.807, 2.05) is 27.7 Å². The van der Waals surface area contributed by atoms with Gasteiger partial charge in [0.15, 0.2) is 0 Å². The summed E-state index contributed by atoms with van der Waals surface area (Å²) in [7, 11) is 0. The van der Waals surface area contributed by atoms with Crippen molar-refractivity contribution in [1.29, 1.82) is 0 Å². The summed E-state index contributed by atoms with van der Waals surface area (Å²) in [6.45, 7) is 17.9. The molecule has 0 heterocycles. The van der Waals surface area contributed by atoms with E-state index in [4.69, 9.17) is 0 Å². The molecule has 0 aromatic carbocycles. The van der Waals surface area contributed by atoms with Gasteiger partial charge in [-0.1, -0.05) is 55.4 Å². The normalized spacial score (nSPS) is 8.50. The minimum absolute atomic E-state index is 0.636. The average molecular weight is 175 g/mol. The topological polar surface area (TPSA) is 12.0 Å². The number of hydrogen-bond donors (Lipinski definition) is 1. The molecule has 0 unspecified atom stereocenters. The van der Waals surface area contributed by atoms with E-state index >= 15 is 0 Å². The Balaban J connectivity index is -0.000000175. The van der Waals surface area contributed by atoms with E-state index in [1.54, 1.807) is 0 Å². The quantitative estimate of drug-likeness (QED) is 0.690. The van der Waals surface area contributed by atoms with Gasteiger partial charge in [-0.3, -0.25) is 0 Å². The fourth-order valence-electron chi connectivity index (χ4n) is 0.471. The van der Waals surface area contributed by atoms with Crippen molar-refractivity contribution in [2.75, 3.05) is 6.54 Å². The number of hydrogen-bond acceptors (Lipinski definition) is 1. The Labute approximate surface area is 80.0 Å². The van der Waals surface area contributed by atoms with Gasteiger partial charge in [0.2, 0.25) is 0 Å². The van der Waals surface area contributed by atoms with Gasteiger partial charge >= 0.3 is 0 Å². The van der Waals surface area contributed by atoms with Crippen molar-refractivity contribution in [2.24, 2.45) is 5.92 Å². The zero-order chi connectivity index (χ0) is 10.6. The highest BCUT2D eigenvalue weighted by Crippen LogP contribution is 1.87. The van der Waals surface area contributed by atoms with Crippen LogP contribution in [-0.4, -0.2) is 12.6 Å². The summed E-state index contributed by atoms with van der Waals surface area (Å²) in [6, 6.07) is 0.636. The highest BCUT2D eigenvalue weighted by molar-refractivity contribution is 4.54. The summed E-state index contributed by atoms with van der Waals surface area (Å²) in [5.41, 5.74) is 0. The van der Waals surface area contributed by atoms with E-state index in [0.717, 1.165) is 12.5 Å². The second-order valence-corrected chi connectivity index (χ2v) is 2.96. The fourth-order valence-corrected chi connectivity index (χ4v) is 0.471. The van der Waals surface area contributed by atoms with Crippen LogP contribution in [0.5, 0.6) is 0 Å². The summed E-state index contributed by atoms with van der Waals surface area (Å²) >= 11 is 0. The maximum Gasteiger partial charge on any atom is 0.00104 e. The van der Waals surface area contributed by atoms with Gasteiger partial charge in [0.05, 0.1) is 0 Å². The SMILES string of the molecule is CC.CC.CC(C)CNC(C)C. The first kappa shape index (κ1) is 17.9. The molecule has 0 aliphatic heterocycles. The summed E-state index contributed by atoms with van der Waals surface area (Å²) in [5, 5.41) is 3.34. The number of rotatable bonds is 3. The molecule has 78 valence electrons. The molecule has 0 saturated carbocycles. The Hall–Kier alpha value is -0.0400.